The number of aryl methyl sites for hydroxylation is 1. The second kappa shape index (κ2) is 14.0. The molecule has 4 rings (SSSR count). The number of fused-ring (bicyclic) bond motifs is 1. The molecule has 2 amide bonds. The number of thiophene rings is 1. The van der Waals surface area contributed by atoms with Crippen molar-refractivity contribution in [2.75, 3.05) is 18.4 Å². The molecule has 230 valence electrons. The molecule has 1 aliphatic rings. The van der Waals surface area contributed by atoms with Crippen LogP contribution in [0.5, 0.6) is 0 Å². The fraction of sp³-hybridized carbons (Fsp3) is 0.367. The van der Waals surface area contributed by atoms with Gasteiger partial charge in [-0.25, -0.2) is 5.43 Å². The Labute approximate surface area is 256 Å². The van der Waals surface area contributed by atoms with E-state index in [0.29, 0.717) is 36.6 Å². The van der Waals surface area contributed by atoms with E-state index in [0.717, 1.165) is 47.2 Å². The first-order valence-corrected chi connectivity index (χ1v) is 14.8. The molecule has 3 aromatic rings. The van der Waals surface area contributed by atoms with Crippen molar-refractivity contribution in [3.05, 3.63) is 85.7 Å². The molecule has 0 saturated carbocycles. The van der Waals surface area contributed by atoms with Gasteiger partial charge in [-0.1, -0.05) is 29.8 Å². The van der Waals surface area contributed by atoms with E-state index >= 15 is 0 Å². The first-order valence-electron chi connectivity index (χ1n) is 13.6. The van der Waals surface area contributed by atoms with Crippen LogP contribution in [0.2, 0.25) is 5.02 Å². The number of hydrazone groups is 1. The molecule has 2 aromatic carbocycles. The minimum Gasteiger partial charge on any atom is -0.392 e. The van der Waals surface area contributed by atoms with E-state index in [4.69, 9.17) is 11.6 Å². The third-order valence-electron chi connectivity index (χ3n) is 6.69. The SMILES string of the molecule is CC(O)CN(Cc1cccc(C(=O)Nc2sc3c(c2C(=O)NN=Cc2ccc(Cl)c(C(F)(F)F)c2)CCC3)c1)CC(C)O. The van der Waals surface area contributed by atoms with Gasteiger partial charge in [0.25, 0.3) is 11.8 Å². The third-order valence-corrected chi connectivity index (χ3v) is 8.23. The molecule has 0 saturated heterocycles. The average molecular weight is 637 g/mol. The van der Waals surface area contributed by atoms with Gasteiger partial charge in [-0.15, -0.1) is 11.3 Å². The van der Waals surface area contributed by atoms with Gasteiger partial charge < -0.3 is 15.5 Å². The molecule has 13 heteroatoms. The van der Waals surface area contributed by atoms with Crippen LogP contribution in [0.1, 0.15) is 68.1 Å². The molecular formula is C30H32ClF3N4O4S. The van der Waals surface area contributed by atoms with Gasteiger partial charge in [0.1, 0.15) is 5.00 Å². The maximum Gasteiger partial charge on any atom is 0.417 e. The molecular weight excluding hydrogens is 605 g/mol. The normalized spacial score (nSPS) is 14.6. The zero-order chi connectivity index (χ0) is 31.3. The van der Waals surface area contributed by atoms with Gasteiger partial charge in [0, 0.05) is 30.1 Å². The van der Waals surface area contributed by atoms with Gasteiger partial charge in [-0.05, 0) is 74.1 Å². The molecule has 1 heterocycles. The maximum atomic E-state index is 13.3. The first kappa shape index (κ1) is 32.6. The van der Waals surface area contributed by atoms with E-state index in [1.165, 1.54) is 17.4 Å². The Kier molecular flexibility index (Phi) is 10.6. The Bertz CT molecular complexity index is 1500. The molecule has 0 aliphatic heterocycles. The predicted molar refractivity (Wildman–Crippen MR) is 161 cm³/mol. The summed E-state index contributed by atoms with van der Waals surface area (Å²) in [7, 11) is 0. The van der Waals surface area contributed by atoms with Crippen molar-refractivity contribution < 1.29 is 33.0 Å². The number of aliphatic hydroxyl groups excluding tert-OH is 2. The first-order chi connectivity index (χ1) is 20.3. The topological polar surface area (TPSA) is 114 Å². The van der Waals surface area contributed by atoms with Crippen molar-refractivity contribution in [3.8, 4) is 0 Å². The zero-order valence-corrected chi connectivity index (χ0v) is 25.1. The van der Waals surface area contributed by atoms with Crippen LogP contribution < -0.4 is 10.7 Å². The number of rotatable bonds is 11. The fourth-order valence-electron chi connectivity index (χ4n) is 4.99. The Hall–Kier alpha value is -3.29. The summed E-state index contributed by atoms with van der Waals surface area (Å²) in [5.41, 5.74) is 3.75. The van der Waals surface area contributed by atoms with Crippen LogP contribution in [0.25, 0.3) is 0 Å². The van der Waals surface area contributed by atoms with Gasteiger partial charge in [0.15, 0.2) is 0 Å². The van der Waals surface area contributed by atoms with E-state index in [-0.39, 0.29) is 11.1 Å². The van der Waals surface area contributed by atoms with Crippen LogP contribution >= 0.6 is 22.9 Å². The molecule has 8 nitrogen and oxygen atoms in total. The van der Waals surface area contributed by atoms with Crippen LogP contribution in [-0.4, -0.2) is 58.4 Å². The number of halogens is 4. The van der Waals surface area contributed by atoms with Gasteiger partial charge in [0.2, 0.25) is 0 Å². The zero-order valence-electron chi connectivity index (χ0n) is 23.5. The van der Waals surface area contributed by atoms with Gasteiger partial charge in [-0.2, -0.15) is 18.3 Å². The highest BCUT2D eigenvalue weighted by atomic mass is 35.5. The smallest absolute Gasteiger partial charge is 0.392 e. The van der Waals surface area contributed by atoms with Gasteiger partial charge >= 0.3 is 6.18 Å². The number of amides is 2. The summed E-state index contributed by atoms with van der Waals surface area (Å²) >= 11 is 6.99. The number of carbonyl (C=O) groups is 2. The molecule has 0 bridgehead atoms. The average Bonchev–Trinajstić information content (AvgIpc) is 3.49. The van der Waals surface area contributed by atoms with E-state index in [1.807, 2.05) is 11.0 Å². The molecule has 1 aromatic heterocycles. The highest BCUT2D eigenvalue weighted by molar-refractivity contribution is 7.17. The lowest BCUT2D eigenvalue weighted by Gasteiger charge is -2.25. The summed E-state index contributed by atoms with van der Waals surface area (Å²) in [4.78, 5) is 29.4. The van der Waals surface area contributed by atoms with Crippen molar-refractivity contribution >= 4 is 46.0 Å². The van der Waals surface area contributed by atoms with Crippen LogP contribution in [0.15, 0.2) is 47.6 Å². The Morgan fingerprint density at radius 1 is 1.09 bits per heavy atom. The van der Waals surface area contributed by atoms with Crippen LogP contribution in [-0.2, 0) is 25.6 Å². The summed E-state index contributed by atoms with van der Waals surface area (Å²) in [6, 6.07) is 10.3. The monoisotopic (exact) mass is 636 g/mol. The van der Waals surface area contributed by atoms with Crippen LogP contribution in [0.4, 0.5) is 18.2 Å². The number of benzene rings is 2. The second-order valence-electron chi connectivity index (χ2n) is 10.5. The number of hydrogen-bond acceptors (Lipinski definition) is 7. The lowest BCUT2D eigenvalue weighted by atomic mass is 10.1. The highest BCUT2D eigenvalue weighted by Gasteiger charge is 2.33. The van der Waals surface area contributed by atoms with Crippen LogP contribution in [0, 0.1) is 0 Å². The van der Waals surface area contributed by atoms with E-state index in [1.54, 1.807) is 32.0 Å². The number of hydrogen-bond donors (Lipinski definition) is 4. The third kappa shape index (κ3) is 8.64. The lowest BCUT2D eigenvalue weighted by molar-refractivity contribution is -0.137. The molecule has 4 N–H and O–H groups in total. The molecule has 43 heavy (non-hydrogen) atoms. The highest BCUT2D eigenvalue weighted by Crippen LogP contribution is 2.39. The van der Waals surface area contributed by atoms with E-state index < -0.39 is 40.8 Å². The van der Waals surface area contributed by atoms with E-state index in [9.17, 15) is 33.0 Å². The van der Waals surface area contributed by atoms with Crippen molar-refractivity contribution in [1.29, 1.82) is 0 Å². The summed E-state index contributed by atoms with van der Waals surface area (Å²) in [5, 5.41) is 26.3. The van der Waals surface area contributed by atoms with E-state index in [2.05, 4.69) is 15.8 Å². The second-order valence-corrected chi connectivity index (χ2v) is 12.1. The summed E-state index contributed by atoms with van der Waals surface area (Å²) in [5.74, 6) is -1.01. The number of carbonyl (C=O) groups excluding carboxylic acids is 2. The van der Waals surface area contributed by atoms with Crippen molar-refractivity contribution in [3.63, 3.8) is 0 Å². The Morgan fingerprint density at radius 3 is 2.49 bits per heavy atom. The summed E-state index contributed by atoms with van der Waals surface area (Å²) in [6.07, 6.45) is -2.45. The maximum absolute atomic E-state index is 13.3. The molecule has 0 radical (unpaired) electrons. The predicted octanol–water partition coefficient (Wildman–Crippen LogP) is 5.49. The quantitative estimate of drug-likeness (QED) is 0.164. The van der Waals surface area contributed by atoms with Gasteiger partial charge in [-0.3, -0.25) is 14.5 Å². The Morgan fingerprint density at radius 2 is 1.81 bits per heavy atom. The standard InChI is InChI=1S/C30H32ClF3N4O4S/c1-17(39)14-38(15-18(2)40)16-20-5-3-6-21(11-20)27(41)36-29-26(22-7-4-8-25(22)43-29)28(42)37-35-13-19-9-10-24(31)23(12-19)30(32,33)34/h3,5-6,9-13,17-18,39-40H,4,7-8,14-16H2,1-2H3,(H,36,41)(H,37,42). The minimum atomic E-state index is -4.64. The molecule has 0 fully saturated rings. The largest absolute Gasteiger partial charge is 0.417 e. The van der Waals surface area contributed by atoms with Gasteiger partial charge in [0.05, 0.1) is 34.6 Å². The summed E-state index contributed by atoms with van der Waals surface area (Å²) < 4.78 is 39.5. The minimum absolute atomic E-state index is 0.0986. The Balaban J connectivity index is 1.50. The van der Waals surface area contributed by atoms with Crippen molar-refractivity contribution in [2.24, 2.45) is 5.10 Å². The van der Waals surface area contributed by atoms with Crippen molar-refractivity contribution in [1.82, 2.24) is 10.3 Å². The number of anilines is 1. The number of nitrogens with zero attached hydrogens (tertiary/aromatic N) is 2. The van der Waals surface area contributed by atoms with Crippen LogP contribution in [0.3, 0.4) is 0 Å². The molecule has 0 spiro atoms. The summed E-state index contributed by atoms with van der Waals surface area (Å²) in [6.45, 7) is 4.44. The number of nitrogens with one attached hydrogen (secondary N) is 2. The number of aliphatic hydroxyl groups is 2. The molecule has 1 aliphatic carbocycles. The fourth-order valence-corrected chi connectivity index (χ4v) is 6.50. The van der Waals surface area contributed by atoms with Crippen molar-refractivity contribution in [2.45, 2.75) is 58.0 Å². The lowest BCUT2D eigenvalue weighted by Crippen LogP contribution is -2.35. The molecule has 2 unspecified atom stereocenters. The molecule has 2 atom stereocenters. The number of alkyl halides is 3.